The number of rotatable bonds is 4. The summed E-state index contributed by atoms with van der Waals surface area (Å²) in [5.41, 5.74) is 1.26. The van der Waals surface area contributed by atoms with E-state index < -0.39 is 0 Å². The molecule has 0 radical (unpaired) electrons. The smallest absolute Gasteiger partial charge is 0.0959 e. The molecule has 106 valence electrons. The van der Waals surface area contributed by atoms with Crippen LogP contribution in [0.25, 0.3) is 0 Å². The molecule has 0 spiro atoms. The molecule has 0 aromatic carbocycles. The summed E-state index contributed by atoms with van der Waals surface area (Å²) in [7, 11) is 0. The molecule has 0 bridgehead atoms. The van der Waals surface area contributed by atoms with Gasteiger partial charge in [-0.25, -0.2) is 4.98 Å². The SMILES string of the molecule is c1cnn(C2CN(Cc3csc(C4CCCC4)n3)C2)c1. The fourth-order valence-corrected chi connectivity index (χ4v) is 4.30. The van der Waals surface area contributed by atoms with E-state index in [1.165, 1.54) is 36.4 Å². The second-order valence-corrected chi connectivity index (χ2v) is 6.88. The minimum atomic E-state index is 0.554. The molecule has 2 aliphatic rings. The molecule has 4 rings (SSSR count). The van der Waals surface area contributed by atoms with Gasteiger partial charge in [0.15, 0.2) is 0 Å². The van der Waals surface area contributed by atoms with Crippen LogP contribution in [0.1, 0.15) is 48.3 Å². The maximum atomic E-state index is 4.86. The molecular weight excluding hydrogens is 268 g/mol. The lowest BCUT2D eigenvalue weighted by molar-refractivity contribution is 0.0897. The van der Waals surface area contributed by atoms with Crippen molar-refractivity contribution in [2.75, 3.05) is 13.1 Å². The molecule has 2 aromatic rings. The van der Waals surface area contributed by atoms with Crippen LogP contribution in [0, 0.1) is 0 Å². The Morgan fingerprint density at radius 3 is 2.85 bits per heavy atom. The Hall–Kier alpha value is -1.20. The van der Waals surface area contributed by atoms with Gasteiger partial charge in [0.05, 0.1) is 16.7 Å². The van der Waals surface area contributed by atoms with Gasteiger partial charge < -0.3 is 0 Å². The van der Waals surface area contributed by atoms with Crippen LogP contribution in [0.3, 0.4) is 0 Å². The average molecular weight is 288 g/mol. The Bertz CT molecular complexity index is 550. The first-order valence-electron chi connectivity index (χ1n) is 7.54. The third-order valence-corrected chi connectivity index (χ3v) is 5.55. The van der Waals surface area contributed by atoms with E-state index in [0.717, 1.165) is 25.6 Å². The van der Waals surface area contributed by atoms with Crippen molar-refractivity contribution in [3.8, 4) is 0 Å². The van der Waals surface area contributed by atoms with Gasteiger partial charge in [0.25, 0.3) is 0 Å². The second kappa shape index (κ2) is 5.30. The number of aromatic nitrogens is 3. The predicted octanol–water partition coefficient (Wildman–Crippen LogP) is 3.05. The molecule has 0 unspecified atom stereocenters. The van der Waals surface area contributed by atoms with E-state index in [2.05, 4.69) is 26.3 Å². The largest absolute Gasteiger partial charge is 0.293 e. The minimum Gasteiger partial charge on any atom is -0.293 e. The van der Waals surface area contributed by atoms with E-state index in [1.54, 1.807) is 0 Å². The van der Waals surface area contributed by atoms with Crippen molar-refractivity contribution in [1.82, 2.24) is 19.7 Å². The maximum Gasteiger partial charge on any atom is 0.0959 e. The number of nitrogens with zero attached hydrogens (tertiary/aromatic N) is 4. The summed E-state index contributed by atoms with van der Waals surface area (Å²) in [6.07, 6.45) is 9.38. The zero-order valence-corrected chi connectivity index (χ0v) is 12.4. The lowest BCUT2D eigenvalue weighted by Gasteiger charge is -2.38. The summed E-state index contributed by atoms with van der Waals surface area (Å²) in [6.45, 7) is 3.19. The average Bonchev–Trinajstić information content (AvgIpc) is 3.13. The van der Waals surface area contributed by atoms with Crippen molar-refractivity contribution < 1.29 is 0 Å². The van der Waals surface area contributed by atoms with E-state index in [0.29, 0.717) is 6.04 Å². The van der Waals surface area contributed by atoms with Crippen molar-refractivity contribution >= 4 is 11.3 Å². The van der Waals surface area contributed by atoms with Gasteiger partial charge in [-0.05, 0) is 18.9 Å². The zero-order chi connectivity index (χ0) is 13.4. The van der Waals surface area contributed by atoms with Crippen LogP contribution < -0.4 is 0 Å². The van der Waals surface area contributed by atoms with Gasteiger partial charge in [0.2, 0.25) is 0 Å². The minimum absolute atomic E-state index is 0.554. The second-order valence-electron chi connectivity index (χ2n) is 5.99. The van der Waals surface area contributed by atoms with Gasteiger partial charge in [-0.3, -0.25) is 9.58 Å². The summed E-state index contributed by atoms with van der Waals surface area (Å²) >= 11 is 1.87. The summed E-state index contributed by atoms with van der Waals surface area (Å²) < 4.78 is 2.07. The Balaban J connectivity index is 1.32. The molecule has 4 nitrogen and oxygen atoms in total. The van der Waals surface area contributed by atoms with Gasteiger partial charge in [0.1, 0.15) is 0 Å². The first-order chi connectivity index (χ1) is 9.88. The van der Waals surface area contributed by atoms with Crippen molar-refractivity contribution in [3.63, 3.8) is 0 Å². The Morgan fingerprint density at radius 2 is 2.10 bits per heavy atom. The highest BCUT2D eigenvalue weighted by Gasteiger charge is 2.29. The molecule has 3 heterocycles. The van der Waals surface area contributed by atoms with Crippen molar-refractivity contribution in [1.29, 1.82) is 0 Å². The van der Waals surface area contributed by atoms with Crippen LogP contribution >= 0.6 is 11.3 Å². The Kier molecular flexibility index (Phi) is 3.32. The van der Waals surface area contributed by atoms with Crippen molar-refractivity contribution in [2.24, 2.45) is 0 Å². The third kappa shape index (κ3) is 2.40. The summed E-state index contributed by atoms with van der Waals surface area (Å²) in [5.74, 6) is 0.752. The van der Waals surface area contributed by atoms with Gasteiger partial charge in [-0.2, -0.15) is 5.10 Å². The highest BCUT2D eigenvalue weighted by Crippen LogP contribution is 2.36. The molecular formula is C15H20N4S. The standard InChI is InChI=1S/C15H20N4S/c1-2-5-12(4-1)15-17-13(11-20-15)8-18-9-14(10-18)19-7-3-6-16-19/h3,6-7,11-12,14H,1-2,4-5,8-10H2. The topological polar surface area (TPSA) is 34.0 Å². The third-order valence-electron chi connectivity index (χ3n) is 4.50. The van der Waals surface area contributed by atoms with Crippen LogP contribution in [0.15, 0.2) is 23.8 Å². The molecule has 1 saturated carbocycles. The van der Waals surface area contributed by atoms with E-state index in [1.807, 2.05) is 23.6 Å². The fourth-order valence-electron chi connectivity index (χ4n) is 3.32. The van der Waals surface area contributed by atoms with Gasteiger partial charge in [0, 0.05) is 43.3 Å². The molecule has 0 atom stereocenters. The molecule has 1 saturated heterocycles. The number of thiazole rings is 1. The lowest BCUT2D eigenvalue weighted by Crippen LogP contribution is -2.47. The van der Waals surface area contributed by atoms with E-state index >= 15 is 0 Å². The van der Waals surface area contributed by atoms with Crippen molar-refractivity contribution in [3.05, 3.63) is 34.5 Å². The predicted molar refractivity (Wildman–Crippen MR) is 79.9 cm³/mol. The molecule has 0 amide bonds. The summed E-state index contributed by atoms with van der Waals surface area (Å²) in [5, 5.41) is 7.95. The zero-order valence-electron chi connectivity index (χ0n) is 11.6. The van der Waals surface area contributed by atoms with Crippen LogP contribution in [0.2, 0.25) is 0 Å². The molecule has 20 heavy (non-hydrogen) atoms. The van der Waals surface area contributed by atoms with E-state index in [4.69, 9.17) is 4.98 Å². The molecule has 1 aliphatic carbocycles. The molecule has 0 N–H and O–H groups in total. The fraction of sp³-hybridized carbons (Fsp3) is 0.600. The first kappa shape index (κ1) is 12.5. The number of likely N-dealkylation sites (tertiary alicyclic amines) is 1. The Labute approximate surface area is 123 Å². The first-order valence-corrected chi connectivity index (χ1v) is 8.42. The normalized spacial score (nSPS) is 21.4. The lowest BCUT2D eigenvalue weighted by atomic mass is 10.1. The van der Waals surface area contributed by atoms with Crippen LogP contribution in [-0.4, -0.2) is 32.8 Å². The van der Waals surface area contributed by atoms with E-state index in [-0.39, 0.29) is 0 Å². The highest BCUT2D eigenvalue weighted by molar-refractivity contribution is 7.09. The Morgan fingerprint density at radius 1 is 1.25 bits per heavy atom. The summed E-state index contributed by atoms with van der Waals surface area (Å²) in [4.78, 5) is 7.31. The van der Waals surface area contributed by atoms with Crippen molar-refractivity contribution in [2.45, 2.75) is 44.2 Å². The quantitative estimate of drug-likeness (QED) is 0.867. The molecule has 1 aliphatic heterocycles. The molecule has 5 heteroatoms. The number of hydrogen-bond acceptors (Lipinski definition) is 4. The van der Waals surface area contributed by atoms with Gasteiger partial charge >= 0.3 is 0 Å². The van der Waals surface area contributed by atoms with Gasteiger partial charge in [-0.15, -0.1) is 11.3 Å². The van der Waals surface area contributed by atoms with Crippen LogP contribution in [0.4, 0.5) is 0 Å². The van der Waals surface area contributed by atoms with Crippen LogP contribution in [0.5, 0.6) is 0 Å². The number of hydrogen-bond donors (Lipinski definition) is 0. The maximum absolute atomic E-state index is 4.86. The highest BCUT2D eigenvalue weighted by atomic mass is 32.1. The molecule has 2 aromatic heterocycles. The summed E-state index contributed by atoms with van der Waals surface area (Å²) in [6, 6.07) is 2.55. The van der Waals surface area contributed by atoms with Gasteiger partial charge in [-0.1, -0.05) is 12.8 Å². The monoisotopic (exact) mass is 288 g/mol. The molecule has 2 fully saturated rings. The van der Waals surface area contributed by atoms with E-state index in [9.17, 15) is 0 Å². The van der Waals surface area contributed by atoms with Crippen LogP contribution in [-0.2, 0) is 6.54 Å².